The summed E-state index contributed by atoms with van der Waals surface area (Å²) in [6.45, 7) is 7.13. The lowest BCUT2D eigenvalue weighted by Crippen LogP contribution is -2.10. The molecule has 0 bridgehead atoms. The molecule has 2 aromatic carbocycles. The Balaban J connectivity index is 2.62. The number of hydrogen-bond acceptors (Lipinski definition) is 4. The highest BCUT2D eigenvalue weighted by Gasteiger charge is 2.18. The molecule has 0 heterocycles. The Morgan fingerprint density at radius 2 is 1.71 bits per heavy atom. The molecule has 2 rings (SSSR count). The molecule has 0 atom stereocenters. The monoisotopic (exact) mass is 387 g/mol. The second-order valence-corrected chi connectivity index (χ2v) is 6.80. The lowest BCUT2D eigenvalue weighted by molar-refractivity contribution is -0.132. The minimum absolute atomic E-state index is 0.113. The van der Waals surface area contributed by atoms with Crippen molar-refractivity contribution in [3.05, 3.63) is 47.3 Å². The van der Waals surface area contributed by atoms with Crippen LogP contribution in [-0.2, 0) is 4.79 Å². The summed E-state index contributed by atoms with van der Waals surface area (Å²) >= 11 is 0. The number of ether oxygens (including phenoxy) is 2. The van der Waals surface area contributed by atoms with Gasteiger partial charge < -0.3 is 19.9 Å². The summed E-state index contributed by atoms with van der Waals surface area (Å²) < 4.78 is 25.5. The van der Waals surface area contributed by atoms with Crippen molar-refractivity contribution in [3.63, 3.8) is 0 Å². The first-order valence-corrected chi connectivity index (χ1v) is 8.93. The van der Waals surface area contributed by atoms with E-state index in [9.17, 15) is 14.3 Å². The molecule has 2 aromatic rings. The van der Waals surface area contributed by atoms with Gasteiger partial charge in [-0.15, -0.1) is 0 Å². The van der Waals surface area contributed by atoms with Gasteiger partial charge in [-0.25, -0.2) is 9.18 Å². The van der Waals surface area contributed by atoms with E-state index in [4.69, 9.17) is 9.47 Å². The molecule has 0 amide bonds. The minimum Gasteiger partial charge on any atom is -0.496 e. The molecular weight excluding hydrogens is 361 g/mol. The Labute approximate surface area is 164 Å². The van der Waals surface area contributed by atoms with Crippen LogP contribution in [0.4, 0.5) is 10.1 Å². The summed E-state index contributed by atoms with van der Waals surface area (Å²) in [5.41, 5.74) is 3.10. The molecule has 6 heteroatoms. The number of methoxy groups -OCH3 is 2. The molecule has 0 spiro atoms. The molecule has 0 aliphatic rings. The van der Waals surface area contributed by atoms with Crippen LogP contribution in [-0.4, -0.2) is 31.3 Å². The van der Waals surface area contributed by atoms with Crippen molar-refractivity contribution in [1.82, 2.24) is 0 Å². The first kappa shape index (κ1) is 21.3. The van der Waals surface area contributed by atoms with E-state index in [-0.39, 0.29) is 17.4 Å². The predicted molar refractivity (Wildman–Crippen MR) is 110 cm³/mol. The van der Waals surface area contributed by atoms with Gasteiger partial charge in [0.15, 0.2) is 0 Å². The number of halogens is 1. The number of carbonyl (C=O) groups is 1. The van der Waals surface area contributed by atoms with Crippen molar-refractivity contribution < 1.29 is 23.8 Å². The average molecular weight is 387 g/mol. The number of benzene rings is 2. The fourth-order valence-corrected chi connectivity index (χ4v) is 2.89. The van der Waals surface area contributed by atoms with Crippen LogP contribution in [0.2, 0.25) is 0 Å². The third-order valence-corrected chi connectivity index (χ3v) is 4.53. The number of nitrogens with one attached hydrogen (secondary N) is 1. The van der Waals surface area contributed by atoms with Gasteiger partial charge in [0, 0.05) is 22.7 Å². The lowest BCUT2D eigenvalue weighted by atomic mass is 9.96. The second kappa shape index (κ2) is 8.78. The zero-order valence-electron chi connectivity index (χ0n) is 17.0. The number of allylic oxidation sites excluding steroid dienone is 1. The zero-order valence-corrected chi connectivity index (χ0v) is 17.0. The normalized spacial score (nSPS) is 11.9. The highest BCUT2D eigenvalue weighted by molar-refractivity contribution is 5.96. The molecular formula is C22H26FNO4. The fraction of sp³-hybridized carbons (Fsp3) is 0.318. The van der Waals surface area contributed by atoms with E-state index in [1.807, 2.05) is 13.8 Å². The largest absolute Gasteiger partial charge is 0.496 e. The Morgan fingerprint density at radius 3 is 2.21 bits per heavy atom. The molecule has 0 fully saturated rings. The Kier molecular flexibility index (Phi) is 6.67. The van der Waals surface area contributed by atoms with Crippen LogP contribution in [0.1, 0.15) is 33.3 Å². The van der Waals surface area contributed by atoms with Gasteiger partial charge in [-0.2, -0.15) is 0 Å². The van der Waals surface area contributed by atoms with Crippen molar-refractivity contribution >= 4 is 17.2 Å². The molecule has 0 radical (unpaired) electrons. The van der Waals surface area contributed by atoms with Crippen molar-refractivity contribution in [2.24, 2.45) is 0 Å². The van der Waals surface area contributed by atoms with Crippen LogP contribution in [0.25, 0.3) is 16.7 Å². The molecule has 28 heavy (non-hydrogen) atoms. The molecule has 0 unspecified atom stereocenters. The van der Waals surface area contributed by atoms with Gasteiger partial charge in [-0.05, 0) is 63.1 Å². The molecule has 0 aliphatic carbocycles. The topological polar surface area (TPSA) is 67.8 Å². The zero-order chi connectivity index (χ0) is 21.0. The van der Waals surface area contributed by atoms with Gasteiger partial charge in [-0.3, -0.25) is 0 Å². The van der Waals surface area contributed by atoms with Crippen molar-refractivity contribution in [2.75, 3.05) is 19.5 Å². The molecule has 0 saturated carbocycles. The lowest BCUT2D eigenvalue weighted by Gasteiger charge is -2.17. The van der Waals surface area contributed by atoms with Gasteiger partial charge in [0.1, 0.15) is 17.3 Å². The summed E-state index contributed by atoms with van der Waals surface area (Å²) in [6.07, 6.45) is 0. The maximum Gasteiger partial charge on any atom is 0.331 e. The van der Waals surface area contributed by atoms with E-state index in [1.165, 1.54) is 27.2 Å². The van der Waals surface area contributed by atoms with Crippen LogP contribution in [0, 0.1) is 5.82 Å². The highest BCUT2D eigenvalue weighted by Crippen LogP contribution is 2.40. The van der Waals surface area contributed by atoms with E-state index < -0.39 is 5.97 Å². The van der Waals surface area contributed by atoms with Crippen LogP contribution in [0.15, 0.2) is 35.9 Å². The van der Waals surface area contributed by atoms with Gasteiger partial charge in [0.05, 0.1) is 19.9 Å². The first-order valence-electron chi connectivity index (χ1n) is 8.93. The van der Waals surface area contributed by atoms with Crippen LogP contribution in [0.5, 0.6) is 11.5 Å². The molecule has 5 nitrogen and oxygen atoms in total. The Hall–Kier alpha value is -3.02. The number of hydrogen-bond donors (Lipinski definition) is 2. The van der Waals surface area contributed by atoms with Crippen LogP contribution in [0.3, 0.4) is 0 Å². The summed E-state index contributed by atoms with van der Waals surface area (Å²) in [7, 11) is 3.03. The molecule has 0 aromatic heterocycles. The number of carboxylic acid groups (broad SMARTS) is 1. The van der Waals surface area contributed by atoms with E-state index in [0.29, 0.717) is 39.4 Å². The predicted octanol–water partition coefficient (Wildman–Crippen LogP) is 5.21. The molecule has 0 aliphatic heterocycles. The fourth-order valence-electron chi connectivity index (χ4n) is 2.89. The number of rotatable bonds is 7. The standard InChI is InChI=1S/C22H26FNO4/c1-12(2)24-19-8-7-15(9-18(19)23)17-11-20(27-5)16(10-21(17)28-6)13(3)14(4)22(25)26/h7-12,24H,1-6H3,(H,25,26)/b14-13+. The summed E-state index contributed by atoms with van der Waals surface area (Å²) in [5.74, 6) is -0.386. The average Bonchev–Trinajstić information content (AvgIpc) is 2.66. The van der Waals surface area contributed by atoms with Crippen molar-refractivity contribution in [3.8, 4) is 22.6 Å². The second-order valence-electron chi connectivity index (χ2n) is 6.80. The third-order valence-electron chi connectivity index (χ3n) is 4.53. The van der Waals surface area contributed by atoms with Crippen LogP contribution >= 0.6 is 0 Å². The minimum atomic E-state index is -1.00. The first-order chi connectivity index (χ1) is 13.2. The summed E-state index contributed by atoms with van der Waals surface area (Å²) in [5, 5.41) is 12.3. The van der Waals surface area contributed by atoms with E-state index >= 15 is 0 Å². The van der Waals surface area contributed by atoms with Gasteiger partial charge in [0.2, 0.25) is 0 Å². The van der Waals surface area contributed by atoms with Gasteiger partial charge in [0.25, 0.3) is 0 Å². The maximum atomic E-state index is 14.5. The van der Waals surface area contributed by atoms with Crippen LogP contribution < -0.4 is 14.8 Å². The quantitative estimate of drug-likeness (QED) is 0.639. The van der Waals surface area contributed by atoms with Crippen molar-refractivity contribution in [1.29, 1.82) is 0 Å². The maximum absolute atomic E-state index is 14.5. The molecule has 2 N–H and O–H groups in total. The Morgan fingerprint density at radius 1 is 1.07 bits per heavy atom. The van der Waals surface area contributed by atoms with Gasteiger partial charge >= 0.3 is 5.97 Å². The molecule has 150 valence electrons. The number of aliphatic carboxylic acids is 1. The summed E-state index contributed by atoms with van der Waals surface area (Å²) in [6, 6.07) is 8.49. The Bertz CT molecular complexity index is 919. The van der Waals surface area contributed by atoms with E-state index in [0.717, 1.165) is 0 Å². The summed E-state index contributed by atoms with van der Waals surface area (Å²) in [4.78, 5) is 11.3. The smallest absolute Gasteiger partial charge is 0.331 e. The van der Waals surface area contributed by atoms with E-state index in [2.05, 4.69) is 5.32 Å². The van der Waals surface area contributed by atoms with E-state index in [1.54, 1.807) is 31.2 Å². The van der Waals surface area contributed by atoms with Gasteiger partial charge in [-0.1, -0.05) is 6.07 Å². The number of carboxylic acids is 1. The SMILES string of the molecule is COc1cc(-c2ccc(NC(C)C)c(F)c2)c(OC)cc1/C(C)=C(\C)C(=O)O. The third kappa shape index (κ3) is 4.44. The molecule has 0 saturated heterocycles. The number of anilines is 1. The van der Waals surface area contributed by atoms with Crippen molar-refractivity contribution in [2.45, 2.75) is 33.7 Å². The highest BCUT2D eigenvalue weighted by atomic mass is 19.1.